The summed E-state index contributed by atoms with van der Waals surface area (Å²) < 4.78 is 12.1. The monoisotopic (exact) mass is 1000 g/mol. The highest BCUT2D eigenvalue weighted by molar-refractivity contribution is 5.94. The maximum absolute atomic E-state index is 12.7. The van der Waals surface area contributed by atoms with Crippen molar-refractivity contribution in [1.29, 1.82) is 0 Å². The number of para-hydroxylation sites is 2. The Balaban J connectivity index is 0.000000378. The number of hydrogen-bond donors (Lipinski definition) is 2. The van der Waals surface area contributed by atoms with Gasteiger partial charge in [0.05, 0.1) is 18.8 Å². The number of carboxylic acid groups (broad SMARTS) is 1. The number of aromatic carboxylic acids is 1. The Morgan fingerprint density at radius 1 is 0.567 bits per heavy atom. The van der Waals surface area contributed by atoms with Gasteiger partial charge in [0.25, 0.3) is 5.91 Å². The Morgan fingerprint density at radius 3 is 1.33 bits per heavy atom. The first-order valence-electron chi connectivity index (χ1n) is 23.4. The van der Waals surface area contributed by atoms with Crippen molar-refractivity contribution >= 4 is 61.5 Å². The molecule has 4 aromatic rings. The Bertz CT molecular complexity index is 1980. The van der Waals surface area contributed by atoms with Gasteiger partial charge in [-0.2, -0.15) is 0 Å². The number of carbonyl (C=O) groups excluding carboxylic acids is 1. The van der Waals surface area contributed by atoms with Crippen LogP contribution in [-0.2, 0) is 13.1 Å². The van der Waals surface area contributed by atoms with Crippen molar-refractivity contribution in [3.8, 4) is 11.5 Å². The first-order chi connectivity index (χ1) is 30.5. The maximum Gasteiger partial charge on any atom is 0.335 e. The van der Waals surface area contributed by atoms with Crippen LogP contribution in [0.15, 0.2) is 97.6 Å². The van der Waals surface area contributed by atoms with E-state index in [1.807, 2.05) is 17.0 Å². The summed E-state index contributed by atoms with van der Waals surface area (Å²) in [6.45, 7) is 21.2. The van der Waals surface area contributed by atoms with E-state index in [1.54, 1.807) is 12.4 Å². The van der Waals surface area contributed by atoms with Crippen LogP contribution in [0.3, 0.4) is 0 Å². The predicted octanol–water partition coefficient (Wildman–Crippen LogP) is 10.8. The Labute approximate surface area is 425 Å². The Kier molecular flexibility index (Phi) is 26.7. The Morgan fingerprint density at radius 2 is 0.940 bits per heavy atom. The number of nitrogens with one attached hydrogen (secondary N) is 1. The molecular formula is C52H76Cl4N6O5. The van der Waals surface area contributed by atoms with Crippen LogP contribution in [-0.4, -0.2) is 107 Å². The smallest absolute Gasteiger partial charge is 0.335 e. The number of aromatic nitrogens is 2. The van der Waals surface area contributed by atoms with Crippen molar-refractivity contribution in [1.82, 2.24) is 30.0 Å². The van der Waals surface area contributed by atoms with Crippen molar-refractivity contribution in [3.63, 3.8) is 0 Å². The van der Waals surface area contributed by atoms with Crippen molar-refractivity contribution in [3.05, 3.63) is 120 Å². The number of benzene rings is 2. The summed E-state index contributed by atoms with van der Waals surface area (Å²) in [4.78, 5) is 37.8. The SMILES string of the molecule is CC(C)COc1ccccc1CN1CCC2(CC1)CCN(C(=O)c1ccncc1)CC2.CC(C)COc1ccccc1CN1CCC2(CCNCC2)CC1.Cl.Cl.Cl.Cl.O=C(O)c1ccncc1. The molecule has 8 rings (SSSR count). The molecule has 4 aliphatic rings. The topological polar surface area (TPSA) is 120 Å². The summed E-state index contributed by atoms with van der Waals surface area (Å²) in [5.74, 6) is 2.42. The van der Waals surface area contributed by atoms with Crippen LogP contribution in [0.1, 0.15) is 111 Å². The molecule has 15 heteroatoms. The fraction of sp³-hybridized carbons (Fsp3) is 0.538. The number of hydrogen-bond acceptors (Lipinski definition) is 9. The van der Waals surface area contributed by atoms with Crippen molar-refractivity contribution in [2.24, 2.45) is 22.7 Å². The highest BCUT2D eigenvalue weighted by Gasteiger charge is 2.39. The lowest BCUT2D eigenvalue weighted by Crippen LogP contribution is -2.48. The van der Waals surface area contributed by atoms with E-state index in [-0.39, 0.29) is 61.1 Å². The van der Waals surface area contributed by atoms with Gasteiger partial charge in [0.15, 0.2) is 0 Å². The average molecular weight is 1010 g/mol. The zero-order valence-electron chi connectivity index (χ0n) is 40.0. The number of rotatable bonds is 12. The molecule has 0 atom stereocenters. The molecule has 4 fully saturated rings. The van der Waals surface area contributed by atoms with Crippen molar-refractivity contribution < 1.29 is 24.2 Å². The van der Waals surface area contributed by atoms with E-state index in [9.17, 15) is 9.59 Å². The molecular weight excluding hydrogens is 930 g/mol. The van der Waals surface area contributed by atoms with Crippen LogP contribution in [0.2, 0.25) is 0 Å². The van der Waals surface area contributed by atoms with Gasteiger partial charge in [0, 0.05) is 67.7 Å². The normalized spacial score (nSPS) is 17.4. The molecule has 0 unspecified atom stereocenters. The molecule has 0 saturated carbocycles. The number of likely N-dealkylation sites (tertiary alicyclic amines) is 3. The number of carbonyl (C=O) groups is 2. The highest BCUT2D eigenvalue weighted by Crippen LogP contribution is 2.42. The molecule has 372 valence electrons. The largest absolute Gasteiger partial charge is 0.493 e. The molecule has 67 heavy (non-hydrogen) atoms. The summed E-state index contributed by atoms with van der Waals surface area (Å²) in [7, 11) is 0. The molecule has 4 saturated heterocycles. The van der Waals surface area contributed by atoms with Crippen LogP contribution < -0.4 is 14.8 Å². The van der Waals surface area contributed by atoms with Gasteiger partial charge in [0.1, 0.15) is 11.5 Å². The number of ether oxygens (including phenoxy) is 2. The van der Waals surface area contributed by atoms with E-state index in [2.05, 4.69) is 101 Å². The molecule has 0 radical (unpaired) electrons. The Hall–Kier alpha value is -3.68. The van der Waals surface area contributed by atoms with Crippen LogP contribution in [0.5, 0.6) is 11.5 Å². The molecule has 11 nitrogen and oxygen atoms in total. The average Bonchev–Trinajstić information content (AvgIpc) is 3.31. The van der Waals surface area contributed by atoms with Gasteiger partial charge in [-0.1, -0.05) is 64.1 Å². The van der Waals surface area contributed by atoms with E-state index in [0.717, 1.165) is 82.4 Å². The molecule has 2 aromatic carbocycles. The first kappa shape index (κ1) is 59.4. The molecule has 4 aliphatic heterocycles. The number of amides is 1. The molecule has 1 amide bonds. The van der Waals surface area contributed by atoms with E-state index in [0.29, 0.717) is 22.7 Å². The van der Waals surface area contributed by atoms with Gasteiger partial charge < -0.3 is 24.8 Å². The van der Waals surface area contributed by atoms with Crippen molar-refractivity contribution in [2.75, 3.05) is 65.6 Å². The maximum atomic E-state index is 12.7. The van der Waals surface area contributed by atoms with Crippen LogP contribution in [0.4, 0.5) is 0 Å². The van der Waals surface area contributed by atoms with Gasteiger partial charge in [-0.05, 0) is 150 Å². The summed E-state index contributed by atoms with van der Waals surface area (Å²) >= 11 is 0. The summed E-state index contributed by atoms with van der Waals surface area (Å²) in [6.07, 6.45) is 16.4. The molecule has 2 aromatic heterocycles. The predicted molar refractivity (Wildman–Crippen MR) is 279 cm³/mol. The fourth-order valence-corrected chi connectivity index (χ4v) is 9.23. The second kappa shape index (κ2) is 30.0. The van der Waals surface area contributed by atoms with Gasteiger partial charge >= 0.3 is 5.97 Å². The zero-order valence-corrected chi connectivity index (χ0v) is 43.2. The molecule has 0 aliphatic carbocycles. The molecule has 0 bridgehead atoms. The van der Waals surface area contributed by atoms with E-state index >= 15 is 0 Å². The van der Waals surface area contributed by atoms with E-state index in [1.165, 1.54) is 100 Å². The second-order valence-electron chi connectivity index (χ2n) is 19.0. The van der Waals surface area contributed by atoms with Gasteiger partial charge in [-0.15, -0.1) is 49.6 Å². The van der Waals surface area contributed by atoms with Crippen LogP contribution in [0, 0.1) is 22.7 Å². The summed E-state index contributed by atoms with van der Waals surface area (Å²) in [5.41, 5.74) is 4.68. The molecule has 2 spiro atoms. The number of nitrogens with zero attached hydrogens (tertiary/aromatic N) is 5. The third kappa shape index (κ3) is 18.6. The third-order valence-electron chi connectivity index (χ3n) is 13.3. The fourth-order valence-electron chi connectivity index (χ4n) is 9.23. The number of halogens is 4. The molecule has 6 heterocycles. The third-order valence-corrected chi connectivity index (χ3v) is 13.3. The number of pyridine rings is 2. The van der Waals surface area contributed by atoms with Gasteiger partial charge in [-0.25, -0.2) is 4.79 Å². The van der Waals surface area contributed by atoms with Gasteiger partial charge in [0.2, 0.25) is 0 Å². The molecule has 2 N–H and O–H groups in total. The summed E-state index contributed by atoms with van der Waals surface area (Å²) in [6, 6.07) is 23.5. The lowest BCUT2D eigenvalue weighted by Gasteiger charge is -2.47. The van der Waals surface area contributed by atoms with Crippen LogP contribution in [0.25, 0.3) is 0 Å². The summed E-state index contributed by atoms with van der Waals surface area (Å²) in [5, 5.41) is 11.9. The van der Waals surface area contributed by atoms with Crippen molar-refractivity contribution in [2.45, 2.75) is 92.2 Å². The van der Waals surface area contributed by atoms with E-state index in [4.69, 9.17) is 14.6 Å². The lowest BCUT2D eigenvalue weighted by atomic mass is 9.71. The standard InChI is InChI=1S/C26H35N3O2.C20H32N2O.C6H5NO2.4ClH/c1-21(2)20-31-24-6-4-3-5-23(24)19-28-15-9-26(10-16-28)11-17-29(18-12-26)25(30)22-7-13-27-14-8-22;1-17(2)16-23-19-6-4-3-5-18(19)15-22-13-9-20(10-14-22)7-11-21-12-8-20;8-6(9)5-1-3-7-4-2-5;;;;/h3-8,13-14,21H,9-12,15-20H2,1-2H3;3-6,17,21H,7-16H2,1-2H3;1-4H,(H,8,9);4*1H. The second-order valence-corrected chi connectivity index (χ2v) is 19.0. The van der Waals surface area contributed by atoms with E-state index < -0.39 is 5.97 Å². The minimum absolute atomic E-state index is 0. The lowest BCUT2D eigenvalue weighted by molar-refractivity contribution is 0.0283. The number of carboxylic acids is 1. The minimum atomic E-state index is -0.919. The quantitative estimate of drug-likeness (QED) is 0.142. The minimum Gasteiger partial charge on any atom is -0.493 e. The number of piperidine rings is 4. The first-order valence-corrected chi connectivity index (χ1v) is 23.4. The van der Waals surface area contributed by atoms with Gasteiger partial charge in [-0.3, -0.25) is 24.6 Å². The zero-order chi connectivity index (χ0) is 44.5. The highest BCUT2D eigenvalue weighted by atomic mass is 35.5. The van der Waals surface area contributed by atoms with Crippen LogP contribution >= 0.6 is 49.6 Å².